The third-order valence-corrected chi connectivity index (χ3v) is 4.05. The Bertz CT molecular complexity index is 747. The summed E-state index contributed by atoms with van der Waals surface area (Å²) in [7, 11) is 0. The highest BCUT2D eigenvalue weighted by Crippen LogP contribution is 2.32. The van der Waals surface area contributed by atoms with E-state index in [9.17, 15) is 9.90 Å². The van der Waals surface area contributed by atoms with Crippen LogP contribution in [0.3, 0.4) is 0 Å². The van der Waals surface area contributed by atoms with Gasteiger partial charge in [0.25, 0.3) is 0 Å². The average molecular weight is 290 g/mol. The van der Waals surface area contributed by atoms with Crippen molar-refractivity contribution in [2.24, 2.45) is 0 Å². The highest BCUT2D eigenvalue weighted by molar-refractivity contribution is 5.94. The number of Topliss-reactive ketones (excluding diaryl/α,β-unsaturated/α-hetero) is 1. The largest absolute Gasteiger partial charge is 0.508 e. The fourth-order valence-electron chi connectivity index (χ4n) is 2.71. The van der Waals surface area contributed by atoms with E-state index >= 15 is 0 Å². The van der Waals surface area contributed by atoms with Gasteiger partial charge in [0.15, 0.2) is 5.78 Å². The quantitative estimate of drug-likeness (QED) is 0.820. The maximum Gasteiger partial charge on any atom is 0.159 e. The molecule has 110 valence electrons. The number of ketones is 1. The van der Waals surface area contributed by atoms with E-state index in [0.717, 1.165) is 24.0 Å². The van der Waals surface area contributed by atoms with Gasteiger partial charge in [0.1, 0.15) is 5.75 Å². The van der Waals surface area contributed by atoms with Crippen LogP contribution in [0, 0.1) is 0 Å². The van der Waals surface area contributed by atoms with E-state index < -0.39 is 0 Å². The van der Waals surface area contributed by atoms with Crippen LogP contribution in [0.4, 0.5) is 0 Å². The molecular weight excluding hydrogens is 272 g/mol. The summed E-state index contributed by atoms with van der Waals surface area (Å²) in [6.45, 7) is 1.58. The van der Waals surface area contributed by atoms with Crippen molar-refractivity contribution < 1.29 is 9.90 Å². The van der Waals surface area contributed by atoms with Crippen molar-refractivity contribution in [3.63, 3.8) is 0 Å². The lowest BCUT2D eigenvalue weighted by atomic mass is 9.89. The number of rotatable bonds is 3. The van der Waals surface area contributed by atoms with Gasteiger partial charge in [-0.1, -0.05) is 48.6 Å². The molecule has 2 aromatic carbocycles. The van der Waals surface area contributed by atoms with E-state index in [1.165, 1.54) is 16.7 Å². The summed E-state index contributed by atoms with van der Waals surface area (Å²) in [6, 6.07) is 15.1. The van der Waals surface area contributed by atoms with Gasteiger partial charge in [-0.3, -0.25) is 4.79 Å². The number of aromatic hydroxyl groups is 1. The first-order chi connectivity index (χ1) is 10.6. The first kappa shape index (κ1) is 14.3. The molecule has 3 rings (SSSR count). The molecule has 0 atom stereocenters. The van der Waals surface area contributed by atoms with Crippen molar-refractivity contribution >= 4 is 16.9 Å². The summed E-state index contributed by atoms with van der Waals surface area (Å²) in [4.78, 5) is 11.3. The molecule has 0 heterocycles. The van der Waals surface area contributed by atoms with E-state index in [-0.39, 0.29) is 5.78 Å². The van der Waals surface area contributed by atoms with E-state index in [2.05, 4.69) is 12.2 Å². The Balaban J connectivity index is 1.82. The normalized spacial score (nSPS) is 14.2. The van der Waals surface area contributed by atoms with Gasteiger partial charge in [0, 0.05) is 5.56 Å². The molecule has 0 amide bonds. The minimum atomic E-state index is 0.0960. The molecule has 0 bridgehead atoms. The molecule has 2 nitrogen and oxygen atoms in total. The Kier molecular flexibility index (Phi) is 3.92. The van der Waals surface area contributed by atoms with Crippen LogP contribution < -0.4 is 0 Å². The highest BCUT2D eigenvalue weighted by Gasteiger charge is 2.10. The number of phenols is 1. The van der Waals surface area contributed by atoms with Gasteiger partial charge in [-0.05, 0) is 54.2 Å². The SMILES string of the molecule is CC(=O)c1ccc(C2=CC=C(c3ccc(O)cc3)CC2)cc1. The fraction of sp³-hybridized carbons (Fsp3) is 0.150. The number of hydrogen-bond donors (Lipinski definition) is 1. The third-order valence-electron chi connectivity index (χ3n) is 4.05. The smallest absolute Gasteiger partial charge is 0.159 e. The van der Waals surface area contributed by atoms with Crippen LogP contribution in [0.15, 0.2) is 60.7 Å². The van der Waals surface area contributed by atoms with Crippen molar-refractivity contribution in [1.82, 2.24) is 0 Å². The van der Waals surface area contributed by atoms with Crippen LogP contribution in [-0.2, 0) is 0 Å². The fourth-order valence-corrected chi connectivity index (χ4v) is 2.71. The van der Waals surface area contributed by atoms with Crippen LogP contribution in [0.5, 0.6) is 5.75 Å². The van der Waals surface area contributed by atoms with Crippen LogP contribution in [-0.4, -0.2) is 10.9 Å². The molecule has 2 heteroatoms. The lowest BCUT2D eigenvalue weighted by Gasteiger charge is -2.15. The topological polar surface area (TPSA) is 37.3 Å². The van der Waals surface area contributed by atoms with Gasteiger partial charge in [-0.25, -0.2) is 0 Å². The first-order valence-electron chi connectivity index (χ1n) is 7.44. The lowest BCUT2D eigenvalue weighted by molar-refractivity contribution is 0.101. The second-order valence-electron chi connectivity index (χ2n) is 5.56. The molecule has 0 aliphatic heterocycles. The summed E-state index contributed by atoms with van der Waals surface area (Å²) in [5.41, 5.74) is 5.65. The number of hydrogen-bond acceptors (Lipinski definition) is 2. The first-order valence-corrected chi connectivity index (χ1v) is 7.44. The Morgan fingerprint density at radius 3 is 1.68 bits per heavy atom. The summed E-state index contributed by atoms with van der Waals surface area (Å²) in [5, 5.41) is 9.35. The van der Waals surface area contributed by atoms with Crippen molar-refractivity contribution in [2.75, 3.05) is 0 Å². The summed E-state index contributed by atoms with van der Waals surface area (Å²) in [6.07, 6.45) is 6.25. The predicted octanol–water partition coefficient (Wildman–Crippen LogP) is 4.86. The summed E-state index contributed by atoms with van der Waals surface area (Å²) >= 11 is 0. The molecule has 0 radical (unpaired) electrons. The maximum atomic E-state index is 11.3. The molecule has 0 saturated carbocycles. The zero-order chi connectivity index (χ0) is 15.5. The molecule has 1 aliphatic rings. The second kappa shape index (κ2) is 6.02. The van der Waals surface area contributed by atoms with Crippen LogP contribution in [0.1, 0.15) is 41.3 Å². The van der Waals surface area contributed by atoms with Crippen LogP contribution in [0.2, 0.25) is 0 Å². The van der Waals surface area contributed by atoms with Crippen LogP contribution >= 0.6 is 0 Å². The number of carbonyl (C=O) groups is 1. The summed E-state index contributed by atoms with van der Waals surface area (Å²) < 4.78 is 0. The van der Waals surface area contributed by atoms with Gasteiger partial charge in [-0.15, -0.1) is 0 Å². The molecular formula is C20H18O2. The number of phenolic OH excluding ortho intramolecular Hbond substituents is 1. The Morgan fingerprint density at radius 1 is 0.818 bits per heavy atom. The third kappa shape index (κ3) is 3.01. The van der Waals surface area contributed by atoms with Gasteiger partial charge in [-0.2, -0.15) is 0 Å². The molecule has 1 N–H and O–H groups in total. The van der Waals surface area contributed by atoms with Gasteiger partial charge >= 0.3 is 0 Å². The van der Waals surface area contributed by atoms with Crippen molar-refractivity contribution in [3.05, 3.63) is 77.4 Å². The van der Waals surface area contributed by atoms with E-state index in [1.807, 2.05) is 36.4 Å². The zero-order valence-electron chi connectivity index (χ0n) is 12.5. The number of allylic oxidation sites excluding steroid dienone is 4. The Morgan fingerprint density at radius 2 is 1.27 bits per heavy atom. The molecule has 0 aromatic heterocycles. The predicted molar refractivity (Wildman–Crippen MR) is 89.7 cm³/mol. The monoisotopic (exact) mass is 290 g/mol. The van der Waals surface area contributed by atoms with E-state index in [0.29, 0.717) is 5.75 Å². The minimum Gasteiger partial charge on any atom is -0.508 e. The molecule has 0 saturated heterocycles. The van der Waals surface area contributed by atoms with Crippen molar-refractivity contribution in [3.8, 4) is 5.75 Å². The van der Waals surface area contributed by atoms with Gasteiger partial charge in [0.2, 0.25) is 0 Å². The average Bonchev–Trinajstić information content (AvgIpc) is 2.56. The highest BCUT2D eigenvalue weighted by atomic mass is 16.3. The van der Waals surface area contributed by atoms with E-state index in [1.54, 1.807) is 19.1 Å². The number of carbonyl (C=O) groups excluding carboxylic acids is 1. The molecule has 2 aromatic rings. The maximum absolute atomic E-state index is 11.3. The Labute approximate surface area is 130 Å². The second-order valence-corrected chi connectivity index (χ2v) is 5.56. The lowest BCUT2D eigenvalue weighted by Crippen LogP contribution is -1.95. The zero-order valence-corrected chi connectivity index (χ0v) is 12.5. The Hall–Kier alpha value is -2.61. The van der Waals surface area contributed by atoms with Crippen molar-refractivity contribution in [2.45, 2.75) is 19.8 Å². The standard InChI is InChI=1S/C20H18O2/c1-14(21)15-2-4-16(5-3-15)17-6-8-18(9-7-17)19-10-12-20(22)13-11-19/h2-6,8,10-13,22H,7,9H2,1H3. The molecule has 0 spiro atoms. The molecule has 1 aliphatic carbocycles. The van der Waals surface area contributed by atoms with Gasteiger partial charge < -0.3 is 5.11 Å². The van der Waals surface area contributed by atoms with Gasteiger partial charge in [0.05, 0.1) is 0 Å². The number of benzene rings is 2. The molecule has 0 unspecified atom stereocenters. The van der Waals surface area contributed by atoms with Crippen molar-refractivity contribution in [1.29, 1.82) is 0 Å². The van der Waals surface area contributed by atoms with E-state index in [4.69, 9.17) is 0 Å². The summed E-state index contributed by atoms with van der Waals surface area (Å²) in [5.74, 6) is 0.389. The molecule has 0 fully saturated rings. The minimum absolute atomic E-state index is 0.0960. The molecule has 22 heavy (non-hydrogen) atoms. The van der Waals surface area contributed by atoms with Crippen LogP contribution in [0.25, 0.3) is 11.1 Å².